The van der Waals surface area contributed by atoms with Crippen molar-refractivity contribution in [3.8, 4) is 0 Å². The largest absolute Gasteiger partial charge is 0.0808 e. The predicted octanol–water partition coefficient (Wildman–Crippen LogP) is 3.25. The van der Waals surface area contributed by atoms with Crippen LogP contribution < -0.4 is 0 Å². The summed E-state index contributed by atoms with van der Waals surface area (Å²) in [5.74, 6) is 2.35. The Labute approximate surface area is 79.3 Å². The van der Waals surface area contributed by atoms with Crippen molar-refractivity contribution in [2.24, 2.45) is 17.8 Å². The molecule has 0 aliphatic heterocycles. The zero-order valence-corrected chi connectivity index (χ0v) is 7.69. The molecule has 0 aromatic heterocycles. The summed E-state index contributed by atoms with van der Waals surface area (Å²) >= 11 is 0. The van der Waals surface area contributed by atoms with Crippen LogP contribution in [0.5, 0.6) is 0 Å². The molecule has 1 fully saturated rings. The van der Waals surface area contributed by atoms with Gasteiger partial charge in [0, 0.05) is 0 Å². The summed E-state index contributed by atoms with van der Waals surface area (Å²) in [4.78, 5) is 0. The van der Waals surface area contributed by atoms with E-state index in [9.17, 15) is 0 Å². The second-order valence-corrected chi connectivity index (χ2v) is 4.27. The molecule has 0 nitrogen and oxygen atoms in total. The van der Waals surface area contributed by atoms with Crippen LogP contribution in [0.1, 0.15) is 12.8 Å². The fraction of sp³-hybridized carbons (Fsp3) is 0.385. The maximum absolute atomic E-state index is 2.38. The Morgan fingerprint density at radius 3 is 2.69 bits per heavy atom. The van der Waals surface area contributed by atoms with Gasteiger partial charge in [-0.05, 0) is 30.6 Å². The summed E-state index contributed by atoms with van der Waals surface area (Å²) < 4.78 is 0. The fourth-order valence-electron chi connectivity index (χ4n) is 2.75. The van der Waals surface area contributed by atoms with Gasteiger partial charge < -0.3 is 0 Å². The van der Waals surface area contributed by atoms with E-state index in [2.05, 4.69) is 42.5 Å². The van der Waals surface area contributed by atoms with Crippen molar-refractivity contribution in [2.45, 2.75) is 12.8 Å². The highest BCUT2D eigenvalue weighted by Crippen LogP contribution is 2.42. The predicted molar refractivity (Wildman–Crippen MR) is 55.2 cm³/mol. The Hall–Kier alpha value is -1.04. The smallest absolute Gasteiger partial charge is 0.00110 e. The van der Waals surface area contributed by atoms with E-state index < -0.39 is 0 Å². The maximum atomic E-state index is 2.38. The van der Waals surface area contributed by atoms with Crippen molar-refractivity contribution >= 4 is 0 Å². The molecule has 0 radical (unpaired) electrons. The molecule has 66 valence electrons. The minimum Gasteiger partial charge on any atom is -0.0808 e. The third kappa shape index (κ3) is 1.13. The molecule has 1 saturated carbocycles. The summed E-state index contributed by atoms with van der Waals surface area (Å²) in [6.45, 7) is 0. The van der Waals surface area contributed by atoms with Crippen LogP contribution in [0.4, 0.5) is 0 Å². The molecule has 3 aliphatic carbocycles. The fourth-order valence-corrected chi connectivity index (χ4v) is 2.75. The second-order valence-electron chi connectivity index (χ2n) is 4.27. The molecule has 0 spiro atoms. The van der Waals surface area contributed by atoms with Gasteiger partial charge >= 0.3 is 0 Å². The topological polar surface area (TPSA) is 0 Å². The number of hydrogen-bond acceptors (Lipinski definition) is 0. The highest BCUT2D eigenvalue weighted by atomic mass is 14.4. The average molecular weight is 170 g/mol. The Kier molecular flexibility index (Phi) is 1.55. The van der Waals surface area contributed by atoms with E-state index in [4.69, 9.17) is 0 Å². The van der Waals surface area contributed by atoms with Gasteiger partial charge in [0.05, 0.1) is 0 Å². The molecule has 0 heterocycles. The van der Waals surface area contributed by atoms with E-state index in [1.54, 1.807) is 5.57 Å². The summed E-state index contributed by atoms with van der Waals surface area (Å²) in [6, 6.07) is 0. The van der Waals surface area contributed by atoms with E-state index in [1.807, 2.05) is 0 Å². The molecule has 0 heteroatoms. The summed E-state index contributed by atoms with van der Waals surface area (Å²) in [5.41, 5.74) is 1.65. The molecule has 0 bridgehead atoms. The lowest BCUT2D eigenvalue weighted by molar-refractivity contribution is 0.352. The quantitative estimate of drug-likeness (QED) is 0.523. The third-order valence-corrected chi connectivity index (χ3v) is 3.51. The maximum Gasteiger partial charge on any atom is -0.00110 e. The number of fused-ring (bicyclic) bond motifs is 2. The van der Waals surface area contributed by atoms with E-state index in [-0.39, 0.29) is 0 Å². The van der Waals surface area contributed by atoms with Crippen molar-refractivity contribution in [2.75, 3.05) is 0 Å². The number of allylic oxidation sites excluding steroid dienone is 8. The monoisotopic (exact) mass is 170 g/mol. The van der Waals surface area contributed by atoms with Gasteiger partial charge in [0.25, 0.3) is 0 Å². The van der Waals surface area contributed by atoms with Gasteiger partial charge in [-0.15, -0.1) is 0 Å². The highest BCUT2D eigenvalue weighted by Gasteiger charge is 2.31. The van der Waals surface area contributed by atoms with Crippen molar-refractivity contribution in [3.63, 3.8) is 0 Å². The van der Waals surface area contributed by atoms with Gasteiger partial charge in [0.1, 0.15) is 0 Å². The van der Waals surface area contributed by atoms with Gasteiger partial charge in [-0.1, -0.05) is 48.1 Å². The first kappa shape index (κ1) is 7.37. The van der Waals surface area contributed by atoms with E-state index in [0.717, 1.165) is 17.8 Å². The highest BCUT2D eigenvalue weighted by molar-refractivity contribution is 5.32. The lowest BCUT2D eigenvalue weighted by atomic mass is 9.71. The van der Waals surface area contributed by atoms with Gasteiger partial charge in [0.2, 0.25) is 0 Å². The first-order chi connectivity index (χ1) is 6.43. The Bertz CT molecular complexity index is 328. The first-order valence-electron chi connectivity index (χ1n) is 5.16. The molecular formula is C13H14. The van der Waals surface area contributed by atoms with Gasteiger partial charge in [-0.3, -0.25) is 0 Å². The van der Waals surface area contributed by atoms with Crippen LogP contribution in [-0.4, -0.2) is 0 Å². The third-order valence-electron chi connectivity index (χ3n) is 3.51. The zero-order valence-electron chi connectivity index (χ0n) is 7.69. The molecule has 3 rings (SSSR count). The lowest BCUT2D eigenvalue weighted by Crippen LogP contribution is -2.23. The molecule has 0 amide bonds. The number of hydrogen-bond donors (Lipinski definition) is 0. The molecule has 0 aromatic rings. The lowest BCUT2D eigenvalue weighted by Gasteiger charge is -2.33. The van der Waals surface area contributed by atoms with Crippen LogP contribution in [0, 0.1) is 17.8 Å². The first-order valence-corrected chi connectivity index (χ1v) is 5.16. The van der Waals surface area contributed by atoms with Gasteiger partial charge in [-0.2, -0.15) is 0 Å². The van der Waals surface area contributed by atoms with E-state index in [1.165, 1.54) is 12.8 Å². The standard InChI is InChI=1S/C13H14/c1-2-5-11-9-13-7-3-6-12(13)8-10(11)4-1/h1-7,10-12H,8-9H2. The normalized spacial score (nSPS) is 40.0. The molecule has 3 aliphatic rings. The van der Waals surface area contributed by atoms with Crippen LogP contribution in [-0.2, 0) is 0 Å². The van der Waals surface area contributed by atoms with Crippen LogP contribution in [0.2, 0.25) is 0 Å². The molecule has 3 unspecified atom stereocenters. The Morgan fingerprint density at radius 1 is 0.923 bits per heavy atom. The SMILES string of the molecule is C1=CC2CC3C=CC=CC3CC2=C1. The Balaban J connectivity index is 1.88. The molecular weight excluding hydrogens is 156 g/mol. The van der Waals surface area contributed by atoms with Gasteiger partial charge in [0.15, 0.2) is 0 Å². The summed E-state index contributed by atoms with van der Waals surface area (Å²) in [6.07, 6.45) is 18.7. The average Bonchev–Trinajstić information content (AvgIpc) is 2.61. The van der Waals surface area contributed by atoms with Gasteiger partial charge in [-0.25, -0.2) is 0 Å². The minimum atomic E-state index is 0.761. The van der Waals surface area contributed by atoms with E-state index >= 15 is 0 Å². The molecule has 13 heavy (non-hydrogen) atoms. The number of rotatable bonds is 0. The van der Waals surface area contributed by atoms with Crippen LogP contribution in [0.3, 0.4) is 0 Å². The molecule has 0 saturated heterocycles. The molecule has 0 aromatic carbocycles. The van der Waals surface area contributed by atoms with Crippen LogP contribution >= 0.6 is 0 Å². The van der Waals surface area contributed by atoms with Crippen LogP contribution in [0.25, 0.3) is 0 Å². The molecule has 3 atom stereocenters. The summed E-state index contributed by atoms with van der Waals surface area (Å²) in [7, 11) is 0. The zero-order chi connectivity index (χ0) is 8.67. The van der Waals surface area contributed by atoms with Crippen molar-refractivity contribution in [3.05, 3.63) is 48.1 Å². The minimum absolute atomic E-state index is 0.761. The summed E-state index contributed by atoms with van der Waals surface area (Å²) in [5, 5.41) is 0. The van der Waals surface area contributed by atoms with Crippen LogP contribution in [0.15, 0.2) is 48.1 Å². The Morgan fingerprint density at radius 2 is 1.77 bits per heavy atom. The molecule has 0 N–H and O–H groups in total. The second kappa shape index (κ2) is 2.73. The van der Waals surface area contributed by atoms with Crippen molar-refractivity contribution in [1.29, 1.82) is 0 Å². The van der Waals surface area contributed by atoms with Crippen molar-refractivity contribution < 1.29 is 0 Å². The van der Waals surface area contributed by atoms with E-state index in [0.29, 0.717) is 0 Å². The van der Waals surface area contributed by atoms with Crippen molar-refractivity contribution in [1.82, 2.24) is 0 Å².